The molecule has 2 unspecified atom stereocenters. The summed E-state index contributed by atoms with van der Waals surface area (Å²) in [6.07, 6.45) is 7.18. The van der Waals surface area contributed by atoms with Crippen LogP contribution in [0.1, 0.15) is 102 Å². The number of hydrogen-bond acceptors (Lipinski definition) is 18. The lowest BCUT2D eigenvalue weighted by molar-refractivity contribution is -0.136. The molecule has 1 saturated carbocycles. The van der Waals surface area contributed by atoms with Gasteiger partial charge in [-0.15, -0.1) is 0 Å². The van der Waals surface area contributed by atoms with Gasteiger partial charge in [0.15, 0.2) is 11.6 Å². The monoisotopic (exact) mass is 1220 g/mol. The predicted octanol–water partition coefficient (Wildman–Crippen LogP) is 6.89. The number of aliphatic imine (C=N–C) groups is 1. The number of alkyl halides is 2. The Morgan fingerprint density at radius 2 is 1.24 bits per heavy atom. The summed E-state index contributed by atoms with van der Waals surface area (Å²) in [6, 6.07) is 11.1. The number of hydrazone groups is 1. The Morgan fingerprint density at radius 3 is 1.79 bits per heavy atom. The van der Waals surface area contributed by atoms with Gasteiger partial charge in [-0.2, -0.15) is 5.10 Å². The zero-order valence-corrected chi connectivity index (χ0v) is 49.5. The Labute approximate surface area is 501 Å². The van der Waals surface area contributed by atoms with Crippen molar-refractivity contribution in [1.82, 2.24) is 20.0 Å². The number of amidine groups is 2. The van der Waals surface area contributed by atoms with Gasteiger partial charge in [0.1, 0.15) is 17.4 Å². The van der Waals surface area contributed by atoms with Gasteiger partial charge in [-0.05, 0) is 70.3 Å². The van der Waals surface area contributed by atoms with Crippen LogP contribution in [0, 0.1) is 40.1 Å². The first kappa shape index (κ1) is 69.5. The Kier molecular flexibility index (Phi) is 30.7. The third-order valence-corrected chi connectivity index (χ3v) is 15.7. The Morgan fingerprint density at radius 1 is 0.721 bits per heavy atom. The fraction of sp³-hybridized carbons (Fsp3) is 0.683. The van der Waals surface area contributed by atoms with Gasteiger partial charge < -0.3 is 63.6 Å². The molecule has 0 aromatic heterocycles. The molecule has 3 aliphatic heterocycles. The van der Waals surface area contributed by atoms with Gasteiger partial charge in [0.2, 0.25) is 23.5 Å². The molecule has 6 rings (SSSR count). The summed E-state index contributed by atoms with van der Waals surface area (Å²) in [5.74, 6) is -2.62. The van der Waals surface area contributed by atoms with Crippen LogP contribution in [0.15, 0.2) is 52.6 Å². The number of carbonyl (C=O) groups excluding carboxylic acids is 3. The van der Waals surface area contributed by atoms with Crippen LogP contribution in [0.2, 0.25) is 0 Å². The maximum absolute atomic E-state index is 13.9. The van der Waals surface area contributed by atoms with E-state index >= 15 is 0 Å². The number of nitrogens with one attached hydrogen (secondary N) is 3. The van der Waals surface area contributed by atoms with E-state index in [0.29, 0.717) is 153 Å². The lowest BCUT2D eigenvalue weighted by Crippen LogP contribution is -2.55. The highest BCUT2D eigenvalue weighted by Gasteiger charge is 2.45. The lowest BCUT2D eigenvalue weighted by atomic mass is 9.86. The van der Waals surface area contributed by atoms with E-state index < -0.39 is 41.0 Å². The highest BCUT2D eigenvalue weighted by atomic mass is 19.3. The van der Waals surface area contributed by atoms with E-state index in [1.54, 1.807) is 6.92 Å². The molecule has 2 amide bonds. The first-order valence-electron chi connectivity index (χ1n) is 30.1. The van der Waals surface area contributed by atoms with E-state index in [1.807, 2.05) is 40.1 Å². The van der Waals surface area contributed by atoms with Crippen LogP contribution in [0.5, 0.6) is 5.75 Å². The van der Waals surface area contributed by atoms with E-state index in [9.17, 15) is 41.7 Å². The first-order chi connectivity index (χ1) is 41.6. The molecule has 480 valence electrons. The fourth-order valence-corrected chi connectivity index (χ4v) is 11.2. The molecule has 0 spiro atoms. The second-order valence-electron chi connectivity index (χ2n) is 21.8. The number of halogens is 5. The maximum Gasteiger partial charge on any atom is 0.313 e. The number of fused-ring (bicyclic) bond motifs is 2. The van der Waals surface area contributed by atoms with Crippen LogP contribution >= 0.6 is 0 Å². The van der Waals surface area contributed by atoms with Gasteiger partial charge in [-0.3, -0.25) is 35.1 Å². The molecule has 5 N–H and O–H groups in total. The average Bonchev–Trinajstić information content (AvgIpc) is 3.05. The minimum Gasteiger partial charge on any atom is -0.420 e. The number of amides is 2. The zero-order valence-electron chi connectivity index (χ0n) is 49.5. The normalized spacial score (nSPS) is 19.7. The van der Waals surface area contributed by atoms with Crippen molar-refractivity contribution in [3.05, 3.63) is 65.5 Å². The van der Waals surface area contributed by atoms with Crippen molar-refractivity contribution >= 4 is 41.4 Å². The van der Waals surface area contributed by atoms with Crippen molar-refractivity contribution in [1.29, 1.82) is 10.8 Å². The number of nitrogens with two attached hydrogens (primary N) is 1. The van der Waals surface area contributed by atoms with E-state index in [1.165, 1.54) is 6.21 Å². The molecule has 21 nitrogen and oxygen atoms in total. The highest BCUT2D eigenvalue weighted by molar-refractivity contribution is 6.31. The standard InChI is InChI=1S/C60H88F5N9O12/c1-43(66)74(51-39-49-7-8-50(40-51)73(49)21-13-54(44-5-3-2-4-6-44)70-59(77)46-9-16-60(64,65)17-10-46)58(67)45-11-19-72(20-12-45)55(75)14-22-78-25-28-81-33-34-84-35-36-85-42-48(71-68)41-69-18-24-80-27-30-83-32-31-82-29-26-79-23-15-56(76)86-57-52(62)37-47(61)38-53(57)63/h2-6,37-38,41,45-46,49-51,54,66-67H,7-36,39-40,42,68H2,1H3,(H,70,77)/b66-43?,67-58?,69-41?,71-48+/t49?,50?,51?,54-/m0/s1. The third kappa shape index (κ3) is 24.2. The Hall–Kier alpha value is -5.58. The van der Waals surface area contributed by atoms with Crippen LogP contribution in [-0.2, 0) is 52.3 Å². The summed E-state index contributed by atoms with van der Waals surface area (Å²) in [5, 5.41) is 25.1. The molecule has 3 heterocycles. The van der Waals surface area contributed by atoms with E-state index in [2.05, 4.69) is 25.0 Å². The average molecular weight is 1220 g/mol. The van der Waals surface area contributed by atoms with Crippen LogP contribution in [-0.4, -0.2) is 212 Å². The van der Waals surface area contributed by atoms with Crippen LogP contribution in [0.25, 0.3) is 0 Å². The molecular formula is C60H88F5N9O12. The van der Waals surface area contributed by atoms with Gasteiger partial charge in [0.05, 0.1) is 137 Å². The predicted molar refractivity (Wildman–Crippen MR) is 310 cm³/mol. The van der Waals surface area contributed by atoms with E-state index in [-0.39, 0.29) is 101 Å². The third-order valence-electron chi connectivity index (χ3n) is 15.7. The van der Waals surface area contributed by atoms with Gasteiger partial charge >= 0.3 is 5.97 Å². The number of rotatable bonds is 39. The number of nitrogens with zero attached hydrogens (tertiary/aromatic N) is 5. The second kappa shape index (κ2) is 38.0. The molecule has 4 aliphatic rings. The largest absolute Gasteiger partial charge is 0.420 e. The molecule has 2 aromatic rings. The summed E-state index contributed by atoms with van der Waals surface area (Å²) in [7, 11) is 0. The molecule has 4 fully saturated rings. The van der Waals surface area contributed by atoms with Crippen molar-refractivity contribution in [2.24, 2.45) is 27.8 Å². The number of esters is 1. The molecule has 3 saturated heterocycles. The first-order valence-corrected chi connectivity index (χ1v) is 30.1. The number of hydrogen-bond donors (Lipinski definition) is 4. The Balaban J connectivity index is 0.709. The SMILES string of the molecule is CC(=N)N(C(=N)C1CCN(C(=O)CCOCCOCCOCCOC/C(C=NCCOCCOCCOCCOCCC(=O)Oc2c(F)cc(F)cc2F)=N/N)CC1)C1CC2CCC(C1)N2CC[C@H](NC(=O)C1CCC(F)(F)CC1)c1ccccc1. The van der Waals surface area contributed by atoms with Gasteiger partial charge in [0.25, 0.3) is 0 Å². The fourth-order valence-electron chi connectivity index (χ4n) is 11.2. The molecular weight excluding hydrogens is 1130 g/mol. The maximum atomic E-state index is 13.9. The molecule has 2 aromatic carbocycles. The number of carbonyl (C=O) groups is 3. The molecule has 1 aliphatic carbocycles. The second-order valence-corrected chi connectivity index (χ2v) is 21.8. The van der Waals surface area contributed by atoms with Crippen molar-refractivity contribution in [3.8, 4) is 5.75 Å². The minimum atomic E-state index is -2.69. The molecule has 2 bridgehead atoms. The number of ether oxygens (including phenoxy) is 9. The van der Waals surface area contributed by atoms with Crippen molar-refractivity contribution in [2.75, 3.05) is 132 Å². The highest BCUT2D eigenvalue weighted by Crippen LogP contribution is 2.40. The summed E-state index contributed by atoms with van der Waals surface area (Å²) < 4.78 is 117. The van der Waals surface area contributed by atoms with Crippen molar-refractivity contribution < 1.29 is 79.0 Å². The van der Waals surface area contributed by atoms with Gasteiger partial charge in [-0.1, -0.05) is 30.3 Å². The van der Waals surface area contributed by atoms with Crippen LogP contribution in [0.3, 0.4) is 0 Å². The van der Waals surface area contributed by atoms with Gasteiger partial charge in [-0.25, -0.2) is 22.0 Å². The summed E-state index contributed by atoms with van der Waals surface area (Å²) in [6.45, 7) is 8.53. The molecule has 3 atom stereocenters. The summed E-state index contributed by atoms with van der Waals surface area (Å²) in [5.41, 5.74) is 1.46. The number of likely N-dealkylation sites (tertiary alicyclic amines) is 1. The molecule has 86 heavy (non-hydrogen) atoms. The smallest absolute Gasteiger partial charge is 0.313 e. The topological polar surface area (TPSA) is 254 Å². The van der Waals surface area contributed by atoms with Gasteiger partial charge in [0, 0.05) is 80.8 Å². The van der Waals surface area contributed by atoms with Crippen molar-refractivity contribution in [2.45, 2.75) is 120 Å². The van der Waals surface area contributed by atoms with Crippen LogP contribution < -0.4 is 15.9 Å². The Bertz CT molecular complexity index is 2420. The number of piperidine rings is 2. The minimum absolute atomic E-state index is 0.0163. The summed E-state index contributed by atoms with van der Waals surface area (Å²) >= 11 is 0. The molecule has 26 heteroatoms. The molecule has 0 radical (unpaired) electrons. The van der Waals surface area contributed by atoms with Crippen LogP contribution in [0.4, 0.5) is 22.0 Å². The zero-order chi connectivity index (χ0) is 61.5. The van der Waals surface area contributed by atoms with Crippen molar-refractivity contribution in [3.63, 3.8) is 0 Å². The number of benzene rings is 2. The summed E-state index contributed by atoms with van der Waals surface area (Å²) in [4.78, 5) is 48.8. The lowest BCUT2D eigenvalue weighted by Gasteiger charge is -2.45. The quantitative estimate of drug-likeness (QED) is 0.00777. The van der Waals surface area contributed by atoms with E-state index in [4.69, 9.17) is 49.1 Å². The van der Waals surface area contributed by atoms with E-state index in [0.717, 1.165) is 37.8 Å².